The fraction of sp³-hybridized carbons (Fsp3) is 0.533. The normalized spacial score (nSPS) is 15.4. The van der Waals surface area contributed by atoms with Crippen LogP contribution in [0, 0.1) is 0 Å². The van der Waals surface area contributed by atoms with E-state index in [-0.39, 0.29) is 5.97 Å². The summed E-state index contributed by atoms with van der Waals surface area (Å²) in [5.74, 6) is -0.190. The van der Waals surface area contributed by atoms with Gasteiger partial charge in [0.1, 0.15) is 0 Å². The van der Waals surface area contributed by atoms with E-state index in [2.05, 4.69) is 4.90 Å². The summed E-state index contributed by atoms with van der Waals surface area (Å²) in [7, 11) is 0. The predicted octanol–water partition coefficient (Wildman–Crippen LogP) is 2.46. The van der Waals surface area contributed by atoms with Crippen molar-refractivity contribution in [3.8, 4) is 0 Å². The molecule has 1 saturated heterocycles. The van der Waals surface area contributed by atoms with Crippen molar-refractivity contribution >= 4 is 11.7 Å². The van der Waals surface area contributed by atoms with Gasteiger partial charge in [-0.15, -0.1) is 0 Å². The van der Waals surface area contributed by atoms with Crippen molar-refractivity contribution in [1.29, 1.82) is 0 Å². The molecule has 0 atom stereocenters. The molecule has 0 aromatic heterocycles. The topological polar surface area (TPSA) is 32.8 Å². The van der Waals surface area contributed by atoms with Gasteiger partial charge in [-0.1, -0.05) is 25.1 Å². The molecule has 0 radical (unpaired) electrons. The lowest BCUT2D eigenvalue weighted by Gasteiger charge is -2.25. The van der Waals surface area contributed by atoms with Crippen molar-refractivity contribution in [2.75, 3.05) is 31.2 Å². The first-order valence-electron chi connectivity index (χ1n) is 7.05. The van der Waals surface area contributed by atoms with Crippen LogP contribution in [0.1, 0.15) is 26.2 Å². The molecule has 1 fully saturated rings. The molecule has 1 heterocycles. The molecule has 104 valence electrons. The molecule has 0 bridgehead atoms. The van der Waals surface area contributed by atoms with Crippen LogP contribution >= 0.6 is 0 Å². The van der Waals surface area contributed by atoms with Crippen LogP contribution in [0.3, 0.4) is 0 Å². The smallest absolute Gasteiger partial charge is 0.332 e. The zero-order valence-corrected chi connectivity index (χ0v) is 11.5. The molecule has 19 heavy (non-hydrogen) atoms. The Morgan fingerprint density at radius 2 is 1.95 bits per heavy atom. The highest BCUT2D eigenvalue weighted by molar-refractivity contribution is 5.70. The molecule has 1 aromatic rings. The van der Waals surface area contributed by atoms with E-state index in [1.54, 1.807) is 5.06 Å². The summed E-state index contributed by atoms with van der Waals surface area (Å²) in [5, 5.41) is 1.71. The van der Waals surface area contributed by atoms with Gasteiger partial charge >= 0.3 is 5.97 Å². The van der Waals surface area contributed by atoms with Gasteiger partial charge in [-0.3, -0.25) is 0 Å². The highest BCUT2D eigenvalue weighted by atomic mass is 16.7. The van der Waals surface area contributed by atoms with Crippen LogP contribution in [0.4, 0.5) is 5.69 Å². The predicted molar refractivity (Wildman–Crippen MR) is 75.8 cm³/mol. The second kappa shape index (κ2) is 7.14. The highest BCUT2D eigenvalue weighted by Gasteiger charge is 2.16. The van der Waals surface area contributed by atoms with Crippen LogP contribution in [0.2, 0.25) is 0 Å². The monoisotopic (exact) mass is 262 g/mol. The number of carbonyl (C=O) groups excluding carboxylic acids is 1. The number of para-hydroxylation sites is 1. The van der Waals surface area contributed by atoms with Crippen molar-refractivity contribution in [1.82, 2.24) is 4.90 Å². The quantitative estimate of drug-likeness (QED) is 0.737. The summed E-state index contributed by atoms with van der Waals surface area (Å²) < 4.78 is 0. The average molecular weight is 262 g/mol. The van der Waals surface area contributed by atoms with Crippen molar-refractivity contribution in [3.63, 3.8) is 0 Å². The van der Waals surface area contributed by atoms with E-state index < -0.39 is 0 Å². The number of carbonyl (C=O) groups is 1. The Hall–Kier alpha value is -1.55. The van der Waals surface area contributed by atoms with E-state index >= 15 is 0 Å². The van der Waals surface area contributed by atoms with E-state index in [9.17, 15) is 4.79 Å². The Bertz CT molecular complexity index is 388. The fourth-order valence-corrected chi connectivity index (χ4v) is 2.25. The number of anilines is 1. The second-order valence-electron chi connectivity index (χ2n) is 4.80. The third kappa shape index (κ3) is 4.24. The van der Waals surface area contributed by atoms with Gasteiger partial charge in [0.25, 0.3) is 0 Å². The largest absolute Gasteiger partial charge is 0.341 e. The standard InChI is InChI=1S/C15H22N2O2/c1-2-15(18)19-17(14-8-4-3-5-9-14)13-12-16-10-6-7-11-16/h3-5,8-9H,2,6-7,10-13H2,1H3. The molecule has 4 nitrogen and oxygen atoms in total. The maximum atomic E-state index is 11.5. The van der Waals surface area contributed by atoms with Crippen LogP contribution in [0.15, 0.2) is 30.3 Å². The van der Waals surface area contributed by atoms with E-state index in [4.69, 9.17) is 4.84 Å². The Labute approximate surface area is 114 Å². The molecule has 0 spiro atoms. The summed E-state index contributed by atoms with van der Waals surface area (Å²) in [4.78, 5) is 19.3. The Morgan fingerprint density at radius 1 is 1.26 bits per heavy atom. The van der Waals surface area contributed by atoms with E-state index in [0.29, 0.717) is 6.42 Å². The maximum absolute atomic E-state index is 11.5. The summed E-state index contributed by atoms with van der Waals surface area (Å²) in [6, 6.07) is 9.81. The summed E-state index contributed by atoms with van der Waals surface area (Å²) in [5.41, 5.74) is 0.934. The van der Waals surface area contributed by atoms with Crippen LogP contribution < -0.4 is 5.06 Å². The Kier molecular flexibility index (Phi) is 5.21. The van der Waals surface area contributed by atoms with E-state index in [1.165, 1.54) is 12.8 Å². The van der Waals surface area contributed by atoms with E-state index in [1.807, 2.05) is 37.3 Å². The molecule has 0 amide bonds. The molecule has 0 aliphatic carbocycles. The minimum atomic E-state index is -0.190. The Morgan fingerprint density at radius 3 is 2.58 bits per heavy atom. The Balaban J connectivity index is 1.95. The molecule has 2 rings (SSSR count). The number of hydrogen-bond donors (Lipinski definition) is 0. The van der Waals surface area contributed by atoms with Gasteiger partial charge in [0.05, 0.1) is 12.2 Å². The van der Waals surface area contributed by atoms with E-state index in [0.717, 1.165) is 31.9 Å². The van der Waals surface area contributed by atoms with Crippen molar-refractivity contribution in [2.45, 2.75) is 26.2 Å². The molecule has 0 N–H and O–H groups in total. The zero-order chi connectivity index (χ0) is 13.5. The molecule has 1 aromatic carbocycles. The van der Waals surface area contributed by atoms with Crippen LogP contribution in [0.25, 0.3) is 0 Å². The third-order valence-electron chi connectivity index (χ3n) is 3.36. The second-order valence-corrected chi connectivity index (χ2v) is 4.80. The minimum absolute atomic E-state index is 0.190. The zero-order valence-electron chi connectivity index (χ0n) is 11.5. The summed E-state index contributed by atoms with van der Waals surface area (Å²) >= 11 is 0. The lowest BCUT2D eigenvalue weighted by Crippen LogP contribution is -2.35. The van der Waals surface area contributed by atoms with Crippen molar-refractivity contribution in [3.05, 3.63) is 30.3 Å². The molecule has 0 unspecified atom stereocenters. The fourth-order valence-electron chi connectivity index (χ4n) is 2.25. The molecule has 1 aliphatic rings. The first-order valence-corrected chi connectivity index (χ1v) is 7.05. The summed E-state index contributed by atoms with van der Waals surface area (Å²) in [6.45, 7) is 5.78. The van der Waals surface area contributed by atoms with Crippen LogP contribution in [0.5, 0.6) is 0 Å². The number of rotatable bonds is 6. The van der Waals surface area contributed by atoms with Gasteiger partial charge in [0, 0.05) is 13.0 Å². The lowest BCUT2D eigenvalue weighted by atomic mass is 10.3. The molecule has 4 heteroatoms. The van der Waals surface area contributed by atoms with Gasteiger partial charge in [0.15, 0.2) is 0 Å². The SMILES string of the molecule is CCC(=O)ON(CCN1CCCC1)c1ccccc1. The number of benzene rings is 1. The average Bonchev–Trinajstić information content (AvgIpc) is 2.97. The van der Waals surface area contributed by atoms with Gasteiger partial charge in [0.2, 0.25) is 0 Å². The number of nitrogens with zero attached hydrogens (tertiary/aromatic N) is 2. The van der Waals surface area contributed by atoms with Gasteiger partial charge in [-0.2, -0.15) is 0 Å². The van der Waals surface area contributed by atoms with Gasteiger partial charge < -0.3 is 9.74 Å². The number of hydroxylamine groups is 1. The van der Waals surface area contributed by atoms with Crippen LogP contribution in [-0.4, -0.2) is 37.0 Å². The minimum Gasteiger partial charge on any atom is -0.341 e. The molecule has 0 saturated carbocycles. The third-order valence-corrected chi connectivity index (χ3v) is 3.36. The maximum Gasteiger partial charge on any atom is 0.332 e. The summed E-state index contributed by atoms with van der Waals surface area (Å²) in [6.07, 6.45) is 2.95. The molecular formula is C15H22N2O2. The van der Waals surface area contributed by atoms with Crippen LogP contribution in [-0.2, 0) is 9.63 Å². The number of hydrogen-bond acceptors (Lipinski definition) is 4. The van der Waals surface area contributed by atoms with Crippen molar-refractivity contribution in [2.24, 2.45) is 0 Å². The molecule has 1 aliphatic heterocycles. The lowest BCUT2D eigenvalue weighted by molar-refractivity contribution is -0.144. The van der Waals surface area contributed by atoms with Crippen molar-refractivity contribution < 1.29 is 9.63 Å². The van der Waals surface area contributed by atoms with Gasteiger partial charge in [-0.05, 0) is 38.1 Å². The first-order chi connectivity index (χ1) is 9.29. The molecular weight excluding hydrogens is 240 g/mol. The van der Waals surface area contributed by atoms with Gasteiger partial charge in [-0.25, -0.2) is 9.86 Å². The highest BCUT2D eigenvalue weighted by Crippen LogP contribution is 2.15. The number of likely N-dealkylation sites (tertiary alicyclic amines) is 1. The first kappa shape index (κ1) is 13.9.